The predicted molar refractivity (Wildman–Crippen MR) is 84.7 cm³/mol. The van der Waals surface area contributed by atoms with Crippen molar-refractivity contribution >= 4 is 11.9 Å². The summed E-state index contributed by atoms with van der Waals surface area (Å²) in [5.41, 5.74) is 2.52. The third-order valence-electron chi connectivity index (χ3n) is 4.06. The quantitative estimate of drug-likeness (QED) is 0.817. The highest BCUT2D eigenvalue weighted by atomic mass is 16.4. The highest BCUT2D eigenvalue weighted by Gasteiger charge is 2.21. The second kappa shape index (κ2) is 7.22. The molecule has 1 aliphatic heterocycles. The van der Waals surface area contributed by atoms with Gasteiger partial charge in [-0.15, -0.1) is 0 Å². The third-order valence-corrected chi connectivity index (χ3v) is 4.06. The summed E-state index contributed by atoms with van der Waals surface area (Å²) in [6.07, 6.45) is 3.17. The van der Waals surface area contributed by atoms with E-state index in [9.17, 15) is 9.59 Å². The van der Waals surface area contributed by atoms with Crippen molar-refractivity contribution in [3.63, 3.8) is 0 Å². The van der Waals surface area contributed by atoms with Crippen molar-refractivity contribution in [2.75, 3.05) is 13.1 Å². The summed E-state index contributed by atoms with van der Waals surface area (Å²) in [4.78, 5) is 25.1. The molecule has 0 saturated heterocycles. The van der Waals surface area contributed by atoms with Gasteiger partial charge in [-0.25, -0.2) is 4.79 Å². The van der Waals surface area contributed by atoms with E-state index in [4.69, 9.17) is 5.11 Å². The van der Waals surface area contributed by atoms with Crippen LogP contribution in [0.1, 0.15) is 36.2 Å². The van der Waals surface area contributed by atoms with Crippen molar-refractivity contribution in [3.05, 3.63) is 47.0 Å². The molecule has 5 heteroatoms. The lowest BCUT2D eigenvalue weighted by Gasteiger charge is -2.30. The molecule has 22 heavy (non-hydrogen) atoms. The molecule has 1 aliphatic rings. The number of carboxylic acid groups (broad SMARTS) is 1. The van der Waals surface area contributed by atoms with Crippen LogP contribution in [0.2, 0.25) is 0 Å². The Hall–Kier alpha value is -2.14. The lowest BCUT2D eigenvalue weighted by molar-refractivity contribution is -0.125. The number of benzene rings is 1. The van der Waals surface area contributed by atoms with Crippen molar-refractivity contribution in [2.24, 2.45) is 0 Å². The average molecular weight is 302 g/mol. The maximum atomic E-state index is 12.2. The molecule has 0 bridgehead atoms. The van der Waals surface area contributed by atoms with E-state index in [1.54, 1.807) is 24.3 Å². The molecular weight excluding hydrogens is 280 g/mol. The standard InChI is InChI=1S/C17H22N2O3/c1-12-7-9-19(10-8-12)13(2)16(20)18-11-14-3-5-15(6-4-14)17(21)22/h3-7,13H,8-11H2,1-2H3,(H,18,20)(H,21,22). The molecule has 2 rings (SSSR count). The molecular formula is C17H22N2O3. The zero-order chi connectivity index (χ0) is 16.1. The first kappa shape index (κ1) is 16.2. The van der Waals surface area contributed by atoms with Gasteiger partial charge in [0.15, 0.2) is 0 Å². The van der Waals surface area contributed by atoms with Gasteiger partial charge in [-0.1, -0.05) is 23.8 Å². The highest BCUT2D eigenvalue weighted by molar-refractivity contribution is 5.87. The number of carboxylic acids is 1. The largest absolute Gasteiger partial charge is 0.478 e. The van der Waals surface area contributed by atoms with Crippen LogP contribution in [0.5, 0.6) is 0 Å². The van der Waals surface area contributed by atoms with Crippen molar-refractivity contribution in [3.8, 4) is 0 Å². The van der Waals surface area contributed by atoms with Gasteiger partial charge in [0.1, 0.15) is 0 Å². The molecule has 0 radical (unpaired) electrons. The minimum atomic E-state index is -0.947. The second-order valence-electron chi connectivity index (χ2n) is 5.69. The first-order chi connectivity index (χ1) is 10.5. The van der Waals surface area contributed by atoms with Crippen LogP contribution in [0.4, 0.5) is 0 Å². The van der Waals surface area contributed by atoms with Gasteiger partial charge in [0.05, 0.1) is 11.6 Å². The van der Waals surface area contributed by atoms with Crippen LogP contribution in [-0.4, -0.2) is 41.0 Å². The van der Waals surface area contributed by atoms with Gasteiger partial charge in [-0.05, 0) is 38.0 Å². The molecule has 1 amide bonds. The molecule has 118 valence electrons. The number of rotatable bonds is 5. The Bertz CT molecular complexity index is 578. The molecule has 0 saturated carbocycles. The van der Waals surface area contributed by atoms with Crippen LogP contribution in [-0.2, 0) is 11.3 Å². The molecule has 0 aromatic heterocycles. The minimum absolute atomic E-state index is 0.00439. The topological polar surface area (TPSA) is 69.6 Å². The molecule has 1 heterocycles. The molecule has 0 fully saturated rings. The Kier molecular flexibility index (Phi) is 5.33. The lowest BCUT2D eigenvalue weighted by Crippen LogP contribution is -2.46. The number of hydrogen-bond donors (Lipinski definition) is 2. The van der Waals surface area contributed by atoms with Gasteiger partial charge >= 0.3 is 5.97 Å². The summed E-state index contributed by atoms with van der Waals surface area (Å²) < 4.78 is 0. The molecule has 0 spiro atoms. The molecule has 1 atom stereocenters. The maximum absolute atomic E-state index is 12.2. The fourth-order valence-corrected chi connectivity index (χ4v) is 2.41. The van der Waals surface area contributed by atoms with E-state index >= 15 is 0 Å². The van der Waals surface area contributed by atoms with E-state index in [0.29, 0.717) is 6.54 Å². The Morgan fingerprint density at radius 2 is 2.00 bits per heavy atom. The van der Waals surface area contributed by atoms with Crippen molar-refractivity contribution < 1.29 is 14.7 Å². The van der Waals surface area contributed by atoms with E-state index < -0.39 is 5.97 Å². The van der Waals surface area contributed by atoms with Gasteiger partial charge in [0.2, 0.25) is 5.91 Å². The Labute approximate surface area is 130 Å². The maximum Gasteiger partial charge on any atom is 0.335 e. The first-order valence-corrected chi connectivity index (χ1v) is 7.47. The summed E-state index contributed by atoms with van der Waals surface area (Å²) in [5.74, 6) is -0.951. The highest BCUT2D eigenvalue weighted by Crippen LogP contribution is 2.12. The smallest absolute Gasteiger partial charge is 0.335 e. The first-order valence-electron chi connectivity index (χ1n) is 7.47. The number of carbonyl (C=O) groups is 2. The number of hydrogen-bond acceptors (Lipinski definition) is 3. The predicted octanol–water partition coefficient (Wildman–Crippen LogP) is 2.04. The molecule has 1 aromatic carbocycles. The zero-order valence-electron chi connectivity index (χ0n) is 13.0. The molecule has 5 nitrogen and oxygen atoms in total. The van der Waals surface area contributed by atoms with Crippen LogP contribution in [0.3, 0.4) is 0 Å². The van der Waals surface area contributed by atoms with E-state index in [2.05, 4.69) is 23.2 Å². The fourth-order valence-electron chi connectivity index (χ4n) is 2.41. The molecule has 1 aromatic rings. The monoisotopic (exact) mass is 302 g/mol. The number of nitrogens with zero attached hydrogens (tertiary/aromatic N) is 1. The van der Waals surface area contributed by atoms with Crippen LogP contribution in [0.25, 0.3) is 0 Å². The Morgan fingerprint density at radius 1 is 1.32 bits per heavy atom. The van der Waals surface area contributed by atoms with Crippen LogP contribution < -0.4 is 5.32 Å². The second-order valence-corrected chi connectivity index (χ2v) is 5.69. The summed E-state index contributed by atoms with van der Waals surface area (Å²) in [5, 5.41) is 11.8. The van der Waals surface area contributed by atoms with Crippen LogP contribution in [0, 0.1) is 0 Å². The SMILES string of the molecule is CC1=CCN(C(C)C(=O)NCc2ccc(C(=O)O)cc2)CC1. The van der Waals surface area contributed by atoms with Crippen LogP contribution in [0.15, 0.2) is 35.9 Å². The average Bonchev–Trinajstić information content (AvgIpc) is 2.53. The number of aromatic carboxylic acids is 1. The third kappa shape index (κ3) is 4.18. The Morgan fingerprint density at radius 3 is 2.55 bits per heavy atom. The zero-order valence-corrected chi connectivity index (χ0v) is 13.0. The van der Waals surface area contributed by atoms with Gasteiger partial charge in [0.25, 0.3) is 0 Å². The number of amides is 1. The summed E-state index contributed by atoms with van der Waals surface area (Å²) in [6.45, 7) is 6.16. The number of carbonyl (C=O) groups excluding carboxylic acids is 1. The van der Waals surface area contributed by atoms with Gasteiger partial charge in [-0.2, -0.15) is 0 Å². The Balaban J connectivity index is 1.85. The molecule has 2 N–H and O–H groups in total. The van der Waals surface area contributed by atoms with Crippen molar-refractivity contribution in [2.45, 2.75) is 32.9 Å². The summed E-state index contributed by atoms with van der Waals surface area (Å²) in [6, 6.07) is 6.38. The minimum Gasteiger partial charge on any atom is -0.478 e. The van der Waals surface area contributed by atoms with Crippen molar-refractivity contribution in [1.82, 2.24) is 10.2 Å². The van der Waals surface area contributed by atoms with Crippen molar-refractivity contribution in [1.29, 1.82) is 0 Å². The normalized spacial score (nSPS) is 16.7. The van der Waals surface area contributed by atoms with Gasteiger partial charge < -0.3 is 10.4 Å². The number of nitrogens with one attached hydrogen (secondary N) is 1. The fraction of sp³-hybridized carbons (Fsp3) is 0.412. The molecule has 0 aliphatic carbocycles. The molecule has 1 unspecified atom stereocenters. The van der Waals surface area contributed by atoms with E-state index in [-0.39, 0.29) is 17.5 Å². The van der Waals surface area contributed by atoms with E-state index in [0.717, 1.165) is 25.1 Å². The van der Waals surface area contributed by atoms with E-state index in [1.807, 2.05) is 6.92 Å². The van der Waals surface area contributed by atoms with Gasteiger partial charge in [-0.3, -0.25) is 9.69 Å². The summed E-state index contributed by atoms with van der Waals surface area (Å²) in [7, 11) is 0. The lowest BCUT2D eigenvalue weighted by atomic mass is 10.1. The van der Waals surface area contributed by atoms with Crippen LogP contribution >= 0.6 is 0 Å². The summed E-state index contributed by atoms with van der Waals surface area (Å²) >= 11 is 0. The van der Waals surface area contributed by atoms with E-state index in [1.165, 1.54) is 5.57 Å². The van der Waals surface area contributed by atoms with Gasteiger partial charge in [0, 0.05) is 19.6 Å².